The van der Waals surface area contributed by atoms with E-state index < -0.39 is 0 Å². The first kappa shape index (κ1) is 13.9. The van der Waals surface area contributed by atoms with Crippen LogP contribution in [-0.4, -0.2) is 36.6 Å². The Morgan fingerprint density at radius 2 is 2.00 bits per heavy atom. The Bertz CT molecular complexity index is 280. The van der Waals surface area contributed by atoms with E-state index in [2.05, 4.69) is 30.1 Å². The number of piperidine rings is 1. The molecule has 2 heterocycles. The largest absolute Gasteiger partial charge is 0.314 e. The predicted octanol–water partition coefficient (Wildman–Crippen LogP) is 2.64. The summed E-state index contributed by atoms with van der Waals surface area (Å²) in [7, 11) is 2.31. The van der Waals surface area contributed by atoms with Crippen LogP contribution in [0.25, 0.3) is 0 Å². The molecule has 0 radical (unpaired) electrons. The van der Waals surface area contributed by atoms with Crippen LogP contribution >= 0.6 is 0 Å². The summed E-state index contributed by atoms with van der Waals surface area (Å²) in [6, 6.07) is 2.33. The molecular weight excluding hydrogens is 220 g/mol. The van der Waals surface area contributed by atoms with Gasteiger partial charge in [0.15, 0.2) is 0 Å². The average Bonchev–Trinajstić information content (AvgIpc) is 2.62. The van der Waals surface area contributed by atoms with Crippen molar-refractivity contribution in [2.75, 3.05) is 13.6 Å². The Hall–Kier alpha value is -0.520. The van der Waals surface area contributed by atoms with Crippen LogP contribution < -0.4 is 5.32 Å². The van der Waals surface area contributed by atoms with Crippen molar-refractivity contribution in [1.29, 1.82) is 0 Å². The summed E-state index contributed by atoms with van der Waals surface area (Å²) in [5, 5.41) is 3.74. The highest BCUT2D eigenvalue weighted by Crippen LogP contribution is 2.39. The van der Waals surface area contributed by atoms with E-state index in [4.69, 9.17) is 6.42 Å². The molecule has 0 spiro atoms. The molecule has 3 atom stereocenters. The van der Waals surface area contributed by atoms with Gasteiger partial charge in [0.1, 0.15) is 0 Å². The van der Waals surface area contributed by atoms with Crippen LogP contribution in [0.1, 0.15) is 51.9 Å². The molecule has 3 unspecified atom stereocenters. The molecule has 2 aliphatic heterocycles. The maximum atomic E-state index is 5.44. The molecule has 2 saturated heterocycles. The molecule has 2 heteroatoms. The van der Waals surface area contributed by atoms with Crippen molar-refractivity contribution < 1.29 is 0 Å². The Labute approximate surface area is 113 Å². The lowest BCUT2D eigenvalue weighted by Crippen LogP contribution is -2.47. The number of hydrogen-bond acceptors (Lipinski definition) is 2. The zero-order chi connectivity index (χ0) is 13.0. The fourth-order valence-electron chi connectivity index (χ4n) is 3.86. The van der Waals surface area contributed by atoms with Crippen LogP contribution in [0.3, 0.4) is 0 Å². The summed E-state index contributed by atoms with van der Waals surface area (Å²) >= 11 is 0. The van der Waals surface area contributed by atoms with Crippen molar-refractivity contribution in [3.63, 3.8) is 0 Å². The number of hydrogen-bond donors (Lipinski definition) is 1. The third kappa shape index (κ3) is 3.08. The van der Waals surface area contributed by atoms with Crippen molar-refractivity contribution in [3.05, 3.63) is 0 Å². The maximum absolute atomic E-state index is 5.44. The molecule has 2 aliphatic rings. The zero-order valence-electron chi connectivity index (χ0n) is 12.0. The van der Waals surface area contributed by atoms with E-state index in [1.54, 1.807) is 0 Å². The van der Waals surface area contributed by atoms with Crippen LogP contribution in [-0.2, 0) is 0 Å². The zero-order valence-corrected chi connectivity index (χ0v) is 12.0. The molecule has 0 saturated carbocycles. The highest BCUT2D eigenvalue weighted by molar-refractivity contribution is 4.97. The Morgan fingerprint density at radius 1 is 1.33 bits per heavy atom. The van der Waals surface area contributed by atoms with Crippen LogP contribution in [0, 0.1) is 18.3 Å². The minimum absolute atomic E-state index is 0.651. The standard InChI is InChI=1S/C16H28N2/c1-4-6-7-16(17-10-5-2)13-11-14-8-9-15(12-13)18(14)3/h1,13-17H,5-12H2,2-3H3. The van der Waals surface area contributed by atoms with Crippen LogP contribution in [0.4, 0.5) is 0 Å². The van der Waals surface area contributed by atoms with Gasteiger partial charge in [-0.1, -0.05) is 6.92 Å². The lowest BCUT2D eigenvalue weighted by atomic mass is 9.83. The molecule has 0 aliphatic carbocycles. The third-order valence-electron chi connectivity index (χ3n) is 4.96. The fraction of sp³-hybridized carbons (Fsp3) is 0.875. The minimum Gasteiger partial charge on any atom is -0.314 e. The van der Waals surface area contributed by atoms with Gasteiger partial charge >= 0.3 is 0 Å². The molecule has 18 heavy (non-hydrogen) atoms. The lowest BCUT2D eigenvalue weighted by molar-refractivity contribution is 0.110. The SMILES string of the molecule is C#CCCC(NCCC)C1CC2CCC(C1)N2C. The smallest absolute Gasteiger partial charge is 0.0106 e. The van der Waals surface area contributed by atoms with Gasteiger partial charge in [-0.25, -0.2) is 0 Å². The van der Waals surface area contributed by atoms with Crippen LogP contribution in [0.5, 0.6) is 0 Å². The molecule has 0 aromatic carbocycles. The highest BCUT2D eigenvalue weighted by atomic mass is 15.2. The molecule has 2 fully saturated rings. The van der Waals surface area contributed by atoms with Crippen LogP contribution in [0.15, 0.2) is 0 Å². The Morgan fingerprint density at radius 3 is 2.56 bits per heavy atom. The molecule has 0 amide bonds. The summed E-state index contributed by atoms with van der Waals surface area (Å²) in [6.07, 6.45) is 14.3. The van der Waals surface area contributed by atoms with Gasteiger partial charge in [-0.15, -0.1) is 12.3 Å². The fourth-order valence-corrected chi connectivity index (χ4v) is 3.86. The maximum Gasteiger partial charge on any atom is 0.0106 e. The number of fused-ring (bicyclic) bond motifs is 2. The van der Waals surface area contributed by atoms with Gasteiger partial charge in [-0.05, 0) is 58.0 Å². The van der Waals surface area contributed by atoms with Gasteiger partial charge in [0.25, 0.3) is 0 Å². The summed E-state index contributed by atoms with van der Waals surface area (Å²) < 4.78 is 0. The van der Waals surface area contributed by atoms with Gasteiger partial charge in [0.2, 0.25) is 0 Å². The van der Waals surface area contributed by atoms with E-state index in [-0.39, 0.29) is 0 Å². The summed E-state index contributed by atoms with van der Waals surface area (Å²) in [5.41, 5.74) is 0. The second-order valence-electron chi connectivity index (χ2n) is 6.09. The van der Waals surface area contributed by atoms with Crippen LogP contribution in [0.2, 0.25) is 0 Å². The molecule has 0 aromatic rings. The summed E-state index contributed by atoms with van der Waals surface area (Å²) in [6.45, 7) is 3.38. The molecular formula is C16H28N2. The molecule has 0 aromatic heterocycles. The lowest BCUT2D eigenvalue weighted by Gasteiger charge is -2.40. The van der Waals surface area contributed by atoms with E-state index >= 15 is 0 Å². The molecule has 2 nitrogen and oxygen atoms in total. The molecule has 2 bridgehead atoms. The monoisotopic (exact) mass is 248 g/mol. The van der Waals surface area contributed by atoms with Crippen molar-refractivity contribution >= 4 is 0 Å². The van der Waals surface area contributed by atoms with Gasteiger partial charge in [0.05, 0.1) is 0 Å². The summed E-state index contributed by atoms with van der Waals surface area (Å²) in [5.74, 6) is 3.66. The number of nitrogens with one attached hydrogen (secondary N) is 1. The normalized spacial score (nSPS) is 33.3. The second kappa shape index (κ2) is 6.59. The van der Waals surface area contributed by atoms with E-state index in [1.807, 2.05) is 0 Å². The quantitative estimate of drug-likeness (QED) is 0.727. The van der Waals surface area contributed by atoms with Gasteiger partial charge in [-0.3, -0.25) is 0 Å². The Balaban J connectivity index is 1.92. The van der Waals surface area contributed by atoms with E-state index in [0.29, 0.717) is 6.04 Å². The van der Waals surface area contributed by atoms with Crippen molar-refractivity contribution in [3.8, 4) is 12.3 Å². The Kier molecular flexibility index (Phi) is 5.09. The van der Waals surface area contributed by atoms with Crippen molar-refractivity contribution in [1.82, 2.24) is 10.2 Å². The van der Waals surface area contributed by atoms with Gasteiger partial charge in [-0.2, -0.15) is 0 Å². The topological polar surface area (TPSA) is 15.3 Å². The predicted molar refractivity (Wildman–Crippen MR) is 77.4 cm³/mol. The van der Waals surface area contributed by atoms with Gasteiger partial charge in [0, 0.05) is 24.5 Å². The minimum atomic E-state index is 0.651. The highest BCUT2D eigenvalue weighted by Gasteiger charge is 2.40. The first-order valence-electron chi connectivity index (χ1n) is 7.65. The van der Waals surface area contributed by atoms with E-state index in [9.17, 15) is 0 Å². The summed E-state index contributed by atoms with van der Waals surface area (Å²) in [4.78, 5) is 2.62. The first-order chi connectivity index (χ1) is 8.76. The number of terminal acetylenes is 1. The first-order valence-corrected chi connectivity index (χ1v) is 7.65. The van der Waals surface area contributed by atoms with Crippen molar-refractivity contribution in [2.45, 2.75) is 70.0 Å². The number of nitrogens with zero attached hydrogens (tertiary/aromatic N) is 1. The number of rotatable bonds is 6. The van der Waals surface area contributed by atoms with E-state index in [0.717, 1.165) is 37.4 Å². The molecule has 102 valence electrons. The van der Waals surface area contributed by atoms with E-state index in [1.165, 1.54) is 32.1 Å². The third-order valence-corrected chi connectivity index (χ3v) is 4.96. The average molecular weight is 248 g/mol. The second-order valence-corrected chi connectivity index (χ2v) is 6.09. The van der Waals surface area contributed by atoms with Gasteiger partial charge < -0.3 is 10.2 Å². The molecule has 2 rings (SSSR count). The van der Waals surface area contributed by atoms with Crippen molar-refractivity contribution in [2.24, 2.45) is 5.92 Å². The molecule has 1 N–H and O–H groups in total.